The van der Waals surface area contributed by atoms with E-state index in [0.29, 0.717) is 6.54 Å². The third kappa shape index (κ3) is 3.07. The molecule has 0 fully saturated rings. The summed E-state index contributed by atoms with van der Waals surface area (Å²) in [6, 6.07) is 6.39. The van der Waals surface area contributed by atoms with Crippen LogP contribution in [-0.4, -0.2) is 21.4 Å². The van der Waals surface area contributed by atoms with Crippen LogP contribution in [0.25, 0.3) is 0 Å². The number of benzene rings is 1. The molecule has 0 spiro atoms. The van der Waals surface area contributed by atoms with E-state index in [2.05, 4.69) is 10.4 Å². The quantitative estimate of drug-likeness (QED) is 0.791. The number of aromatic nitrogens is 2. The summed E-state index contributed by atoms with van der Waals surface area (Å²) in [5.74, 6) is -0.894. The van der Waals surface area contributed by atoms with Crippen LogP contribution in [0.2, 0.25) is 0 Å². The van der Waals surface area contributed by atoms with E-state index in [4.69, 9.17) is 5.11 Å². The zero-order chi connectivity index (χ0) is 13.0. The van der Waals surface area contributed by atoms with Crippen molar-refractivity contribution in [1.82, 2.24) is 15.1 Å². The highest BCUT2D eigenvalue weighted by Crippen LogP contribution is 2.15. The minimum atomic E-state index is -0.582. The average molecular weight is 249 g/mol. The molecule has 0 bridgehead atoms. The summed E-state index contributed by atoms with van der Waals surface area (Å²) < 4.78 is 14.9. The van der Waals surface area contributed by atoms with E-state index in [1.54, 1.807) is 12.3 Å². The Balaban J connectivity index is 1.78. The van der Waals surface area contributed by atoms with Crippen molar-refractivity contribution < 1.29 is 9.50 Å². The van der Waals surface area contributed by atoms with Crippen molar-refractivity contribution in [2.45, 2.75) is 13.0 Å². The fourth-order valence-corrected chi connectivity index (χ4v) is 1.76. The Morgan fingerprint density at radius 2 is 2.22 bits per heavy atom. The lowest BCUT2D eigenvalue weighted by Crippen LogP contribution is -2.17. The van der Waals surface area contributed by atoms with Gasteiger partial charge in [0.1, 0.15) is 0 Å². The molecule has 0 aliphatic rings. The van der Waals surface area contributed by atoms with Gasteiger partial charge < -0.3 is 10.4 Å². The normalized spacial score (nSPS) is 10.8. The highest BCUT2D eigenvalue weighted by Gasteiger charge is 2.02. The second-order valence-corrected chi connectivity index (χ2v) is 4.16. The van der Waals surface area contributed by atoms with Crippen molar-refractivity contribution in [3.63, 3.8) is 0 Å². The van der Waals surface area contributed by atoms with E-state index in [0.717, 1.165) is 24.2 Å². The van der Waals surface area contributed by atoms with Crippen LogP contribution in [0.3, 0.4) is 0 Å². The molecule has 0 aliphatic heterocycles. The number of nitrogens with zero attached hydrogens (tertiary/aromatic N) is 2. The minimum absolute atomic E-state index is 0.311. The molecular weight excluding hydrogens is 233 g/mol. The van der Waals surface area contributed by atoms with E-state index in [-0.39, 0.29) is 5.75 Å². The van der Waals surface area contributed by atoms with E-state index in [1.807, 2.05) is 17.8 Å². The first-order chi connectivity index (χ1) is 8.66. The Hall–Kier alpha value is -1.88. The third-order valence-corrected chi connectivity index (χ3v) is 2.82. The second kappa shape index (κ2) is 5.64. The molecule has 0 saturated heterocycles. The molecule has 1 aromatic heterocycles. The molecule has 4 nitrogen and oxygen atoms in total. The summed E-state index contributed by atoms with van der Waals surface area (Å²) in [6.07, 6.45) is 2.64. The van der Waals surface area contributed by atoms with Gasteiger partial charge in [0.25, 0.3) is 0 Å². The topological polar surface area (TPSA) is 50.1 Å². The highest BCUT2D eigenvalue weighted by atomic mass is 19.1. The van der Waals surface area contributed by atoms with Crippen LogP contribution in [0, 0.1) is 5.82 Å². The van der Waals surface area contributed by atoms with E-state index >= 15 is 0 Å². The SMILES string of the molecule is Cn1nccc1CCNCc1ccc(O)c(F)c1. The lowest BCUT2D eigenvalue weighted by molar-refractivity contribution is 0.431. The molecule has 0 radical (unpaired) electrons. The van der Waals surface area contributed by atoms with Crippen molar-refractivity contribution in [2.75, 3.05) is 6.54 Å². The second-order valence-electron chi connectivity index (χ2n) is 4.16. The van der Waals surface area contributed by atoms with Crippen molar-refractivity contribution in [1.29, 1.82) is 0 Å². The summed E-state index contributed by atoms with van der Waals surface area (Å²) in [7, 11) is 1.91. The zero-order valence-corrected chi connectivity index (χ0v) is 10.2. The maximum Gasteiger partial charge on any atom is 0.165 e. The summed E-state index contributed by atoms with van der Waals surface area (Å²) in [5.41, 5.74) is 1.97. The van der Waals surface area contributed by atoms with Crippen LogP contribution in [0.5, 0.6) is 5.75 Å². The number of hydrogen-bond acceptors (Lipinski definition) is 3. The lowest BCUT2D eigenvalue weighted by atomic mass is 10.2. The number of phenolic OH excluding ortho intramolecular Hbond substituents is 1. The van der Waals surface area contributed by atoms with Crippen LogP contribution in [0.1, 0.15) is 11.3 Å². The zero-order valence-electron chi connectivity index (χ0n) is 10.2. The molecule has 0 aliphatic carbocycles. The molecule has 2 N–H and O–H groups in total. The van der Waals surface area contributed by atoms with Gasteiger partial charge in [-0.2, -0.15) is 5.10 Å². The molecule has 2 aromatic rings. The van der Waals surface area contributed by atoms with Gasteiger partial charge in [0.2, 0.25) is 0 Å². The first kappa shape index (κ1) is 12.6. The predicted molar refractivity (Wildman–Crippen MR) is 66.7 cm³/mol. The molecule has 1 aromatic carbocycles. The van der Waals surface area contributed by atoms with E-state index in [1.165, 1.54) is 12.1 Å². The number of aromatic hydroxyl groups is 1. The Kier molecular flexibility index (Phi) is 3.94. The largest absolute Gasteiger partial charge is 0.505 e. The Morgan fingerprint density at radius 1 is 1.39 bits per heavy atom. The molecule has 1 heterocycles. The fraction of sp³-hybridized carbons (Fsp3) is 0.308. The molecule has 5 heteroatoms. The van der Waals surface area contributed by atoms with E-state index < -0.39 is 5.82 Å². The molecular formula is C13H16FN3O. The van der Waals surface area contributed by atoms with Gasteiger partial charge in [-0.15, -0.1) is 0 Å². The Morgan fingerprint density at radius 3 is 2.89 bits per heavy atom. The van der Waals surface area contributed by atoms with Crippen LogP contribution < -0.4 is 5.32 Å². The van der Waals surface area contributed by atoms with Crippen LogP contribution in [0.4, 0.5) is 4.39 Å². The van der Waals surface area contributed by atoms with Crippen LogP contribution in [0.15, 0.2) is 30.5 Å². The minimum Gasteiger partial charge on any atom is -0.505 e. The molecule has 96 valence electrons. The van der Waals surface area contributed by atoms with Gasteiger partial charge in [0.15, 0.2) is 11.6 Å². The fourth-order valence-electron chi connectivity index (χ4n) is 1.76. The maximum atomic E-state index is 13.1. The average Bonchev–Trinajstić information content (AvgIpc) is 2.75. The Labute approximate surface area is 105 Å². The number of hydrogen-bond donors (Lipinski definition) is 2. The molecule has 0 saturated carbocycles. The standard InChI is InChI=1S/C13H16FN3O/c1-17-11(5-7-16-17)4-6-15-9-10-2-3-13(18)12(14)8-10/h2-3,5,7-8,15,18H,4,6,9H2,1H3. The van der Waals surface area contributed by atoms with Gasteiger partial charge in [0.05, 0.1) is 0 Å². The summed E-state index contributed by atoms with van der Waals surface area (Å²) in [4.78, 5) is 0. The van der Waals surface area contributed by atoms with Gasteiger partial charge in [-0.1, -0.05) is 6.07 Å². The number of rotatable bonds is 5. The van der Waals surface area contributed by atoms with Crippen LogP contribution in [-0.2, 0) is 20.0 Å². The highest BCUT2D eigenvalue weighted by molar-refractivity contribution is 5.27. The van der Waals surface area contributed by atoms with Gasteiger partial charge in [-0.25, -0.2) is 4.39 Å². The number of phenols is 1. The van der Waals surface area contributed by atoms with Crippen molar-refractivity contribution in [3.05, 3.63) is 47.5 Å². The predicted octanol–water partition coefficient (Wildman–Crippen LogP) is 1.60. The van der Waals surface area contributed by atoms with Crippen molar-refractivity contribution in [3.8, 4) is 5.75 Å². The number of halogens is 1. The molecule has 0 amide bonds. The maximum absolute atomic E-state index is 13.1. The molecule has 0 unspecified atom stereocenters. The van der Waals surface area contributed by atoms with Gasteiger partial charge >= 0.3 is 0 Å². The number of aryl methyl sites for hydroxylation is 1. The van der Waals surface area contributed by atoms with Crippen molar-refractivity contribution in [2.24, 2.45) is 7.05 Å². The van der Waals surface area contributed by atoms with Crippen LogP contribution >= 0.6 is 0 Å². The molecule has 18 heavy (non-hydrogen) atoms. The van der Waals surface area contributed by atoms with Gasteiger partial charge in [0, 0.05) is 38.4 Å². The Bertz CT molecular complexity index is 525. The lowest BCUT2D eigenvalue weighted by Gasteiger charge is -2.06. The molecule has 2 rings (SSSR count). The summed E-state index contributed by atoms with van der Waals surface area (Å²) in [5, 5.41) is 16.4. The smallest absolute Gasteiger partial charge is 0.165 e. The monoisotopic (exact) mass is 249 g/mol. The summed E-state index contributed by atoms with van der Waals surface area (Å²) >= 11 is 0. The first-order valence-electron chi connectivity index (χ1n) is 5.82. The van der Waals surface area contributed by atoms with Gasteiger partial charge in [-0.3, -0.25) is 4.68 Å². The van der Waals surface area contributed by atoms with E-state index in [9.17, 15) is 4.39 Å². The van der Waals surface area contributed by atoms with Crippen molar-refractivity contribution >= 4 is 0 Å². The number of nitrogens with one attached hydrogen (secondary N) is 1. The molecule has 0 atom stereocenters. The van der Waals surface area contributed by atoms with Gasteiger partial charge in [-0.05, 0) is 23.8 Å². The third-order valence-electron chi connectivity index (χ3n) is 2.82. The first-order valence-corrected chi connectivity index (χ1v) is 5.82. The summed E-state index contributed by atoms with van der Waals surface area (Å²) in [6.45, 7) is 1.37.